The first kappa shape index (κ1) is 16.4. The number of halogens is 1. The third-order valence-corrected chi connectivity index (χ3v) is 4.30. The number of benzene rings is 2. The first-order chi connectivity index (χ1) is 11.6. The van der Waals surface area contributed by atoms with Crippen LogP contribution in [0.2, 0.25) is 0 Å². The van der Waals surface area contributed by atoms with Crippen molar-refractivity contribution in [3.8, 4) is 0 Å². The van der Waals surface area contributed by atoms with Gasteiger partial charge in [-0.3, -0.25) is 4.79 Å². The Balaban J connectivity index is 2.17. The van der Waals surface area contributed by atoms with E-state index in [1.165, 1.54) is 7.11 Å². The van der Waals surface area contributed by atoms with Gasteiger partial charge in [0.15, 0.2) is 0 Å². The summed E-state index contributed by atoms with van der Waals surface area (Å²) in [6.07, 6.45) is 0. The second-order valence-corrected chi connectivity index (χ2v) is 6.10. The van der Waals surface area contributed by atoms with Crippen LogP contribution >= 0.6 is 15.9 Å². The third-order valence-electron chi connectivity index (χ3n) is 3.81. The Hall–Kier alpha value is -2.47. The lowest BCUT2D eigenvalue weighted by Crippen LogP contribution is -2.29. The van der Waals surface area contributed by atoms with E-state index in [0.717, 1.165) is 15.7 Å². The molecule has 0 unspecified atom stereocenters. The molecule has 0 aliphatic carbocycles. The minimum atomic E-state index is -0.484. The van der Waals surface area contributed by atoms with Crippen LogP contribution in [0.5, 0.6) is 0 Å². The van der Waals surface area contributed by atoms with Crippen molar-refractivity contribution in [2.24, 2.45) is 4.99 Å². The molecule has 0 saturated carbocycles. The van der Waals surface area contributed by atoms with Gasteiger partial charge in [0.05, 0.1) is 24.0 Å². The van der Waals surface area contributed by atoms with Crippen molar-refractivity contribution in [1.29, 1.82) is 0 Å². The van der Waals surface area contributed by atoms with Crippen molar-refractivity contribution in [2.45, 2.75) is 6.92 Å². The molecule has 3 rings (SSSR count). The fourth-order valence-corrected chi connectivity index (χ4v) is 3.04. The number of amides is 1. The number of carbonyl (C=O) groups excluding carboxylic acids is 2. The standard InChI is InChI=1S/C18H15BrN2O3/c1-3-21-15-9-8-11(19)10-13(15)16(17(21)22)20-14-7-5-4-6-12(14)18(23)24-2/h4-10H,3H2,1-2H3. The van der Waals surface area contributed by atoms with E-state index in [4.69, 9.17) is 4.74 Å². The highest BCUT2D eigenvalue weighted by Crippen LogP contribution is 2.33. The van der Waals surface area contributed by atoms with Crippen LogP contribution in [0.25, 0.3) is 0 Å². The lowest BCUT2D eigenvalue weighted by molar-refractivity contribution is -0.112. The molecule has 1 heterocycles. The number of esters is 1. The number of hydrogen-bond donors (Lipinski definition) is 0. The van der Waals surface area contributed by atoms with Crippen molar-refractivity contribution in [1.82, 2.24) is 0 Å². The second kappa shape index (κ2) is 6.57. The lowest BCUT2D eigenvalue weighted by atomic mass is 10.1. The van der Waals surface area contributed by atoms with E-state index in [1.54, 1.807) is 29.2 Å². The maximum Gasteiger partial charge on any atom is 0.340 e. The number of ether oxygens (including phenoxy) is 1. The largest absolute Gasteiger partial charge is 0.465 e. The molecule has 122 valence electrons. The molecule has 0 radical (unpaired) electrons. The number of nitrogens with zero attached hydrogens (tertiary/aromatic N) is 2. The minimum Gasteiger partial charge on any atom is -0.465 e. The zero-order valence-electron chi connectivity index (χ0n) is 13.2. The fraction of sp³-hybridized carbons (Fsp3) is 0.167. The highest BCUT2D eigenvalue weighted by Gasteiger charge is 2.33. The number of carbonyl (C=O) groups is 2. The summed E-state index contributed by atoms with van der Waals surface area (Å²) >= 11 is 3.43. The molecule has 0 atom stereocenters. The number of methoxy groups -OCH3 is 1. The molecule has 1 aliphatic rings. The maximum absolute atomic E-state index is 12.7. The van der Waals surface area contributed by atoms with Crippen molar-refractivity contribution >= 4 is 44.9 Å². The number of likely N-dealkylation sites (N-methyl/N-ethyl adjacent to an activating group) is 1. The molecule has 1 amide bonds. The lowest BCUT2D eigenvalue weighted by Gasteiger charge is -2.13. The third kappa shape index (κ3) is 2.73. The summed E-state index contributed by atoms with van der Waals surface area (Å²) in [5.74, 6) is -0.660. The number of hydrogen-bond acceptors (Lipinski definition) is 4. The minimum absolute atomic E-state index is 0.176. The molecule has 0 aromatic heterocycles. The van der Waals surface area contributed by atoms with Gasteiger partial charge < -0.3 is 9.64 Å². The van der Waals surface area contributed by atoms with Crippen LogP contribution < -0.4 is 4.90 Å². The van der Waals surface area contributed by atoms with E-state index < -0.39 is 5.97 Å². The Morgan fingerprint density at radius 3 is 2.71 bits per heavy atom. The van der Waals surface area contributed by atoms with Crippen molar-refractivity contribution in [2.75, 3.05) is 18.6 Å². The monoisotopic (exact) mass is 386 g/mol. The second-order valence-electron chi connectivity index (χ2n) is 5.18. The molecule has 0 fully saturated rings. The van der Waals surface area contributed by atoms with Crippen LogP contribution in [0.3, 0.4) is 0 Å². The van der Waals surface area contributed by atoms with Gasteiger partial charge in [-0.1, -0.05) is 28.1 Å². The summed E-state index contributed by atoms with van der Waals surface area (Å²) < 4.78 is 5.65. The molecule has 0 saturated heterocycles. The first-order valence-electron chi connectivity index (χ1n) is 7.44. The van der Waals surface area contributed by atoms with Gasteiger partial charge in [-0.15, -0.1) is 0 Å². The number of fused-ring (bicyclic) bond motifs is 1. The topological polar surface area (TPSA) is 59.0 Å². The van der Waals surface area contributed by atoms with Crippen molar-refractivity contribution in [3.05, 3.63) is 58.1 Å². The first-order valence-corrected chi connectivity index (χ1v) is 8.24. The quantitative estimate of drug-likeness (QED) is 0.755. The Kier molecular flexibility index (Phi) is 4.49. The van der Waals surface area contributed by atoms with Crippen LogP contribution in [0.15, 0.2) is 51.9 Å². The Labute approximate surface area is 148 Å². The van der Waals surface area contributed by atoms with Gasteiger partial charge in [0.25, 0.3) is 5.91 Å². The molecule has 2 aromatic rings. The molecular formula is C18H15BrN2O3. The average Bonchev–Trinajstić information content (AvgIpc) is 2.85. The van der Waals surface area contributed by atoms with Crippen LogP contribution in [0.4, 0.5) is 11.4 Å². The van der Waals surface area contributed by atoms with Gasteiger partial charge in [0.1, 0.15) is 5.71 Å². The van der Waals surface area contributed by atoms with E-state index in [1.807, 2.05) is 25.1 Å². The Bertz CT molecular complexity index is 861. The fourth-order valence-electron chi connectivity index (χ4n) is 2.68. The summed E-state index contributed by atoms with van der Waals surface area (Å²) in [4.78, 5) is 30.8. The number of anilines is 1. The summed E-state index contributed by atoms with van der Waals surface area (Å²) in [6.45, 7) is 2.46. The number of rotatable bonds is 3. The zero-order chi connectivity index (χ0) is 17.3. The van der Waals surface area contributed by atoms with Gasteiger partial charge in [0.2, 0.25) is 0 Å². The molecular weight excluding hydrogens is 372 g/mol. The van der Waals surface area contributed by atoms with Crippen molar-refractivity contribution < 1.29 is 14.3 Å². The summed E-state index contributed by atoms with van der Waals surface area (Å²) in [6, 6.07) is 12.5. The van der Waals surface area contributed by atoms with Crippen LogP contribution in [0, 0.1) is 0 Å². The van der Waals surface area contributed by atoms with E-state index in [9.17, 15) is 9.59 Å². The molecule has 0 spiro atoms. The SMILES string of the molecule is CCN1C(=O)C(=Nc2ccccc2C(=O)OC)c2cc(Br)ccc21. The molecule has 2 aromatic carbocycles. The molecule has 1 aliphatic heterocycles. The number of para-hydroxylation sites is 1. The van der Waals surface area contributed by atoms with E-state index in [2.05, 4.69) is 20.9 Å². The summed E-state index contributed by atoms with van der Waals surface area (Å²) in [5, 5.41) is 0. The molecule has 0 bridgehead atoms. The van der Waals surface area contributed by atoms with Gasteiger partial charge in [-0.25, -0.2) is 9.79 Å². The smallest absolute Gasteiger partial charge is 0.340 e. The van der Waals surface area contributed by atoms with Gasteiger partial charge in [-0.05, 0) is 37.3 Å². The van der Waals surface area contributed by atoms with E-state index >= 15 is 0 Å². The molecule has 5 nitrogen and oxygen atoms in total. The normalized spacial score (nSPS) is 14.9. The zero-order valence-corrected chi connectivity index (χ0v) is 14.8. The van der Waals surface area contributed by atoms with Gasteiger partial charge >= 0.3 is 5.97 Å². The Morgan fingerprint density at radius 2 is 2.00 bits per heavy atom. The highest BCUT2D eigenvalue weighted by atomic mass is 79.9. The van der Waals surface area contributed by atoms with Crippen LogP contribution in [0.1, 0.15) is 22.8 Å². The molecule has 0 N–H and O–H groups in total. The maximum atomic E-state index is 12.7. The predicted octanol–water partition coefficient (Wildman–Crippen LogP) is 3.72. The van der Waals surface area contributed by atoms with Gasteiger partial charge in [0, 0.05) is 16.6 Å². The average molecular weight is 387 g/mol. The summed E-state index contributed by atoms with van der Waals surface area (Å²) in [5.41, 5.74) is 2.63. The number of aliphatic imine (C=N–C) groups is 1. The van der Waals surface area contributed by atoms with Crippen LogP contribution in [-0.4, -0.2) is 31.2 Å². The summed E-state index contributed by atoms with van der Waals surface area (Å²) in [7, 11) is 1.32. The molecule has 24 heavy (non-hydrogen) atoms. The van der Waals surface area contributed by atoms with Crippen molar-refractivity contribution in [3.63, 3.8) is 0 Å². The molecule has 6 heteroatoms. The predicted molar refractivity (Wildman–Crippen MR) is 96.1 cm³/mol. The highest BCUT2D eigenvalue weighted by molar-refractivity contribution is 9.10. The van der Waals surface area contributed by atoms with Crippen LogP contribution in [-0.2, 0) is 9.53 Å². The Morgan fingerprint density at radius 1 is 1.25 bits per heavy atom. The van der Waals surface area contributed by atoms with E-state index in [0.29, 0.717) is 23.5 Å². The van der Waals surface area contributed by atoms with Gasteiger partial charge in [-0.2, -0.15) is 0 Å². The van der Waals surface area contributed by atoms with E-state index in [-0.39, 0.29) is 5.91 Å².